The lowest BCUT2D eigenvalue weighted by molar-refractivity contribution is -0.0712. The highest BCUT2D eigenvalue weighted by Gasteiger charge is 2.37. The molecule has 1 atom stereocenters. The predicted molar refractivity (Wildman–Crippen MR) is 66.3 cm³/mol. The van der Waals surface area contributed by atoms with E-state index in [1.165, 1.54) is 5.56 Å². The topological polar surface area (TPSA) is 38.7 Å². The fourth-order valence-electron chi connectivity index (χ4n) is 2.33. The molecule has 0 spiro atoms. The van der Waals surface area contributed by atoms with Gasteiger partial charge in [0.15, 0.2) is 0 Å². The summed E-state index contributed by atoms with van der Waals surface area (Å²) in [4.78, 5) is 0. The van der Waals surface area contributed by atoms with E-state index < -0.39 is 5.60 Å². The molecule has 3 heteroatoms. The molecule has 1 heterocycles. The zero-order valence-corrected chi connectivity index (χ0v) is 10.7. The molecule has 2 rings (SSSR count). The van der Waals surface area contributed by atoms with Crippen LogP contribution in [0.25, 0.3) is 0 Å². The van der Waals surface area contributed by atoms with Crippen LogP contribution in [-0.4, -0.2) is 25.4 Å². The van der Waals surface area contributed by atoms with Gasteiger partial charge < -0.3 is 14.6 Å². The molecule has 1 aromatic rings. The molecule has 1 aromatic carbocycles. The molecular weight excluding hydrogens is 216 g/mol. The molecule has 0 radical (unpaired) electrons. The van der Waals surface area contributed by atoms with E-state index in [2.05, 4.69) is 6.07 Å². The number of rotatable bonds is 4. The minimum absolute atomic E-state index is 0.0677. The molecule has 17 heavy (non-hydrogen) atoms. The minimum Gasteiger partial charge on any atom is -0.493 e. The number of hydrogen-bond donors (Lipinski definition) is 1. The van der Waals surface area contributed by atoms with Gasteiger partial charge in [0.2, 0.25) is 0 Å². The van der Waals surface area contributed by atoms with Crippen LogP contribution in [0.1, 0.15) is 25.0 Å². The summed E-state index contributed by atoms with van der Waals surface area (Å²) in [6.45, 7) is 4.97. The van der Waals surface area contributed by atoms with Gasteiger partial charge in [0.05, 0.1) is 13.2 Å². The quantitative estimate of drug-likeness (QED) is 0.870. The third-order valence-electron chi connectivity index (χ3n) is 3.50. The summed E-state index contributed by atoms with van der Waals surface area (Å²) < 4.78 is 10.8. The summed E-state index contributed by atoms with van der Waals surface area (Å²) in [5.41, 5.74) is 1.05. The number of ether oxygens (including phenoxy) is 2. The zero-order chi connectivity index (χ0) is 12.5. The zero-order valence-electron chi connectivity index (χ0n) is 10.7. The second kappa shape index (κ2) is 4.67. The highest BCUT2D eigenvalue weighted by atomic mass is 16.5. The average molecular weight is 236 g/mol. The molecule has 0 aliphatic carbocycles. The van der Waals surface area contributed by atoms with Crippen molar-refractivity contribution in [2.75, 3.05) is 20.3 Å². The first kappa shape index (κ1) is 12.4. The van der Waals surface area contributed by atoms with Gasteiger partial charge >= 0.3 is 0 Å². The molecule has 0 aromatic heterocycles. The van der Waals surface area contributed by atoms with Crippen molar-refractivity contribution in [1.29, 1.82) is 0 Å². The Hall–Kier alpha value is -1.06. The van der Waals surface area contributed by atoms with E-state index >= 15 is 0 Å². The van der Waals surface area contributed by atoms with Gasteiger partial charge in [-0.15, -0.1) is 0 Å². The van der Waals surface area contributed by atoms with Gasteiger partial charge in [0.1, 0.15) is 11.4 Å². The molecule has 1 aliphatic rings. The van der Waals surface area contributed by atoms with Crippen LogP contribution >= 0.6 is 0 Å². The molecule has 0 fully saturated rings. The van der Waals surface area contributed by atoms with Crippen LogP contribution in [-0.2, 0) is 16.8 Å². The van der Waals surface area contributed by atoms with Crippen molar-refractivity contribution in [1.82, 2.24) is 0 Å². The monoisotopic (exact) mass is 236 g/mol. The summed E-state index contributed by atoms with van der Waals surface area (Å²) >= 11 is 0. The van der Waals surface area contributed by atoms with E-state index in [9.17, 15) is 5.11 Å². The summed E-state index contributed by atoms with van der Waals surface area (Å²) in [5.74, 6) is 0.916. The van der Waals surface area contributed by atoms with E-state index in [0.717, 1.165) is 17.7 Å². The normalized spacial score (nSPS) is 17.7. The fourth-order valence-corrected chi connectivity index (χ4v) is 2.33. The van der Waals surface area contributed by atoms with Gasteiger partial charge in [-0.1, -0.05) is 32.0 Å². The van der Waals surface area contributed by atoms with Gasteiger partial charge in [0, 0.05) is 19.1 Å². The lowest BCUT2D eigenvalue weighted by atomic mass is 9.82. The van der Waals surface area contributed by atoms with Crippen LogP contribution in [0.3, 0.4) is 0 Å². The van der Waals surface area contributed by atoms with E-state index in [4.69, 9.17) is 9.47 Å². The second-order valence-electron chi connectivity index (χ2n) is 4.90. The third kappa shape index (κ3) is 2.05. The maximum atomic E-state index is 10.8. The van der Waals surface area contributed by atoms with E-state index in [-0.39, 0.29) is 12.5 Å². The molecular formula is C14H20O3. The van der Waals surface area contributed by atoms with Crippen molar-refractivity contribution in [3.05, 3.63) is 29.3 Å². The molecule has 1 N–H and O–H groups in total. The highest BCUT2D eigenvalue weighted by molar-refractivity contribution is 5.47. The maximum Gasteiger partial charge on any atom is 0.128 e. The largest absolute Gasteiger partial charge is 0.493 e. The van der Waals surface area contributed by atoms with Crippen LogP contribution in [0.4, 0.5) is 0 Å². The van der Waals surface area contributed by atoms with Crippen molar-refractivity contribution in [3.8, 4) is 5.75 Å². The Morgan fingerprint density at radius 2 is 2.24 bits per heavy atom. The first-order chi connectivity index (χ1) is 8.09. The Bertz CT molecular complexity index is 400. The van der Waals surface area contributed by atoms with Gasteiger partial charge in [0.25, 0.3) is 0 Å². The minimum atomic E-state index is -0.982. The third-order valence-corrected chi connectivity index (χ3v) is 3.50. The summed E-state index contributed by atoms with van der Waals surface area (Å²) in [6, 6.07) is 5.97. The number of hydrogen-bond acceptors (Lipinski definition) is 3. The number of fused-ring (bicyclic) bond motifs is 1. The Morgan fingerprint density at radius 1 is 1.47 bits per heavy atom. The summed E-state index contributed by atoms with van der Waals surface area (Å²) in [5, 5.41) is 10.8. The molecule has 0 saturated heterocycles. The standard InChI is InChI=1S/C14H20O3/c1-10(2)14(15,9-16-3)12-6-4-5-11-7-8-17-13(11)12/h4-6,10,15H,7-9H2,1-3H3. The second-order valence-corrected chi connectivity index (χ2v) is 4.90. The van der Waals surface area contributed by atoms with Gasteiger partial charge in [-0.05, 0) is 11.5 Å². The Kier molecular flexibility index (Phi) is 3.40. The average Bonchev–Trinajstić information content (AvgIpc) is 2.76. The van der Waals surface area contributed by atoms with Crippen LogP contribution in [0.5, 0.6) is 5.75 Å². The number of aliphatic hydroxyl groups is 1. The van der Waals surface area contributed by atoms with Crippen molar-refractivity contribution < 1.29 is 14.6 Å². The Labute approximate surface area is 102 Å². The molecule has 0 bridgehead atoms. The molecule has 94 valence electrons. The predicted octanol–water partition coefficient (Wildman–Crippen LogP) is 2.11. The Morgan fingerprint density at radius 3 is 2.88 bits per heavy atom. The van der Waals surface area contributed by atoms with Gasteiger partial charge in [-0.25, -0.2) is 0 Å². The molecule has 0 amide bonds. The van der Waals surface area contributed by atoms with Crippen molar-refractivity contribution >= 4 is 0 Å². The molecule has 3 nitrogen and oxygen atoms in total. The molecule has 1 aliphatic heterocycles. The number of methoxy groups -OCH3 is 1. The number of benzene rings is 1. The summed E-state index contributed by atoms with van der Waals surface area (Å²) in [6.07, 6.45) is 0.921. The smallest absolute Gasteiger partial charge is 0.128 e. The van der Waals surface area contributed by atoms with E-state index in [1.54, 1.807) is 7.11 Å². The number of para-hydroxylation sites is 1. The van der Waals surface area contributed by atoms with E-state index in [0.29, 0.717) is 6.61 Å². The molecule has 1 unspecified atom stereocenters. The lowest BCUT2D eigenvalue weighted by Crippen LogP contribution is -2.37. The summed E-state index contributed by atoms with van der Waals surface area (Å²) in [7, 11) is 1.61. The fraction of sp³-hybridized carbons (Fsp3) is 0.571. The van der Waals surface area contributed by atoms with E-state index in [1.807, 2.05) is 26.0 Å². The SMILES string of the molecule is COCC(O)(c1cccc2c1OCC2)C(C)C. The Balaban J connectivity index is 2.47. The van der Waals surface area contributed by atoms with Crippen molar-refractivity contribution in [2.45, 2.75) is 25.9 Å². The van der Waals surface area contributed by atoms with Gasteiger partial charge in [-0.3, -0.25) is 0 Å². The molecule has 0 saturated carbocycles. The van der Waals surface area contributed by atoms with Crippen LogP contribution in [0, 0.1) is 5.92 Å². The van der Waals surface area contributed by atoms with Gasteiger partial charge in [-0.2, -0.15) is 0 Å². The van der Waals surface area contributed by atoms with Crippen molar-refractivity contribution in [2.24, 2.45) is 5.92 Å². The van der Waals surface area contributed by atoms with Crippen molar-refractivity contribution in [3.63, 3.8) is 0 Å². The lowest BCUT2D eigenvalue weighted by Gasteiger charge is -2.33. The highest BCUT2D eigenvalue weighted by Crippen LogP contribution is 2.40. The first-order valence-corrected chi connectivity index (χ1v) is 6.06. The maximum absolute atomic E-state index is 10.8. The van der Waals surface area contributed by atoms with Crippen LogP contribution in [0.15, 0.2) is 18.2 Å². The van der Waals surface area contributed by atoms with Crippen LogP contribution < -0.4 is 4.74 Å². The van der Waals surface area contributed by atoms with Crippen LogP contribution in [0.2, 0.25) is 0 Å². The first-order valence-electron chi connectivity index (χ1n) is 6.06.